The van der Waals surface area contributed by atoms with Crippen LogP contribution in [0, 0.1) is 12.3 Å². The zero-order valence-electron chi connectivity index (χ0n) is 12.0. The molecular formula is C17H24N2. The molecule has 1 fully saturated rings. The highest BCUT2D eigenvalue weighted by Gasteiger charge is 2.30. The van der Waals surface area contributed by atoms with Gasteiger partial charge in [0, 0.05) is 37.6 Å². The van der Waals surface area contributed by atoms with Gasteiger partial charge in [0.1, 0.15) is 0 Å². The van der Waals surface area contributed by atoms with E-state index in [9.17, 15) is 0 Å². The molecular weight excluding hydrogens is 232 g/mol. The summed E-state index contributed by atoms with van der Waals surface area (Å²) in [7, 11) is 0. The van der Waals surface area contributed by atoms with E-state index >= 15 is 0 Å². The molecule has 2 nitrogen and oxygen atoms in total. The van der Waals surface area contributed by atoms with E-state index in [1.807, 2.05) is 0 Å². The van der Waals surface area contributed by atoms with E-state index in [2.05, 4.69) is 60.3 Å². The fraction of sp³-hybridized carbons (Fsp3) is 0.529. The number of hydrogen-bond acceptors (Lipinski definition) is 2. The van der Waals surface area contributed by atoms with Crippen LogP contribution in [0.2, 0.25) is 0 Å². The Morgan fingerprint density at radius 3 is 2.79 bits per heavy atom. The monoisotopic (exact) mass is 256 g/mol. The number of nitrogens with zero attached hydrogens (tertiary/aromatic N) is 1. The van der Waals surface area contributed by atoms with Gasteiger partial charge in [-0.15, -0.1) is 12.3 Å². The van der Waals surface area contributed by atoms with E-state index in [0.29, 0.717) is 18.1 Å². The molecule has 1 heterocycles. The summed E-state index contributed by atoms with van der Waals surface area (Å²) in [6, 6.07) is 12.2. The molecule has 0 bridgehead atoms. The second kappa shape index (κ2) is 6.75. The van der Waals surface area contributed by atoms with Gasteiger partial charge in [-0.3, -0.25) is 4.90 Å². The lowest BCUT2D eigenvalue weighted by Gasteiger charge is -2.43. The molecule has 1 aliphatic heterocycles. The maximum Gasteiger partial charge on any atom is 0.0450 e. The Balaban J connectivity index is 2.09. The zero-order chi connectivity index (χ0) is 13.7. The van der Waals surface area contributed by atoms with Gasteiger partial charge in [-0.1, -0.05) is 37.3 Å². The molecule has 3 unspecified atom stereocenters. The Hall–Kier alpha value is -1.30. The quantitative estimate of drug-likeness (QED) is 0.833. The van der Waals surface area contributed by atoms with Crippen molar-refractivity contribution in [2.24, 2.45) is 0 Å². The van der Waals surface area contributed by atoms with Crippen molar-refractivity contribution in [1.29, 1.82) is 0 Å². The predicted molar refractivity (Wildman–Crippen MR) is 80.9 cm³/mol. The number of piperazine rings is 1. The summed E-state index contributed by atoms with van der Waals surface area (Å²) in [4.78, 5) is 2.58. The molecule has 1 saturated heterocycles. The predicted octanol–water partition coefficient (Wildman–Crippen LogP) is 2.82. The van der Waals surface area contributed by atoms with Gasteiger partial charge in [-0.2, -0.15) is 0 Å². The summed E-state index contributed by atoms with van der Waals surface area (Å²) in [5, 5.41) is 3.67. The van der Waals surface area contributed by atoms with Crippen LogP contribution in [0.1, 0.15) is 38.3 Å². The minimum atomic E-state index is 0.421. The molecule has 19 heavy (non-hydrogen) atoms. The number of benzene rings is 1. The maximum absolute atomic E-state index is 5.48. The van der Waals surface area contributed by atoms with Crippen molar-refractivity contribution in [1.82, 2.24) is 10.2 Å². The van der Waals surface area contributed by atoms with Gasteiger partial charge >= 0.3 is 0 Å². The van der Waals surface area contributed by atoms with Crippen LogP contribution < -0.4 is 5.32 Å². The molecule has 1 aromatic rings. The molecule has 1 N–H and O–H groups in total. The smallest absolute Gasteiger partial charge is 0.0450 e. The van der Waals surface area contributed by atoms with Gasteiger partial charge in [0.25, 0.3) is 0 Å². The molecule has 0 aromatic heterocycles. The first-order chi connectivity index (χ1) is 9.26. The molecule has 0 saturated carbocycles. The Morgan fingerprint density at radius 2 is 2.16 bits per heavy atom. The lowest BCUT2D eigenvalue weighted by atomic mass is 9.98. The van der Waals surface area contributed by atoms with Crippen molar-refractivity contribution >= 4 is 0 Å². The molecule has 0 radical (unpaired) electrons. The molecule has 0 aliphatic carbocycles. The van der Waals surface area contributed by atoms with Crippen LogP contribution in [-0.2, 0) is 0 Å². The molecule has 0 spiro atoms. The van der Waals surface area contributed by atoms with E-state index in [1.54, 1.807) is 0 Å². The summed E-state index contributed by atoms with van der Waals surface area (Å²) in [5.74, 6) is 2.80. The van der Waals surface area contributed by atoms with Crippen molar-refractivity contribution in [2.45, 2.75) is 44.8 Å². The third-order valence-electron chi connectivity index (χ3n) is 4.11. The third kappa shape index (κ3) is 3.37. The number of hydrogen-bond donors (Lipinski definition) is 1. The second-order valence-electron chi connectivity index (χ2n) is 5.39. The van der Waals surface area contributed by atoms with Gasteiger partial charge in [0.15, 0.2) is 0 Å². The molecule has 1 aromatic carbocycles. The van der Waals surface area contributed by atoms with Crippen molar-refractivity contribution in [2.75, 3.05) is 13.1 Å². The second-order valence-corrected chi connectivity index (χ2v) is 5.39. The maximum atomic E-state index is 5.48. The number of rotatable bonds is 4. The number of terminal acetylenes is 1. The highest BCUT2D eigenvalue weighted by Crippen LogP contribution is 2.23. The standard InChI is InChI=1S/C17H24N2/c1-4-9-14(3)19-13-17(18-12-16(19)5-2)15-10-7-6-8-11-15/h1,6-8,10-11,14,16-18H,5,9,12-13H2,2-3H3. The van der Waals surface area contributed by atoms with Crippen molar-refractivity contribution < 1.29 is 0 Å². The van der Waals surface area contributed by atoms with Crippen LogP contribution in [0.15, 0.2) is 30.3 Å². The third-order valence-corrected chi connectivity index (χ3v) is 4.11. The minimum absolute atomic E-state index is 0.421. The fourth-order valence-corrected chi connectivity index (χ4v) is 2.94. The highest BCUT2D eigenvalue weighted by molar-refractivity contribution is 5.20. The summed E-state index contributed by atoms with van der Waals surface area (Å²) in [6.07, 6.45) is 7.48. The Morgan fingerprint density at radius 1 is 1.42 bits per heavy atom. The largest absolute Gasteiger partial charge is 0.307 e. The van der Waals surface area contributed by atoms with Gasteiger partial charge in [-0.05, 0) is 18.9 Å². The van der Waals surface area contributed by atoms with Gasteiger partial charge in [0.2, 0.25) is 0 Å². The topological polar surface area (TPSA) is 15.3 Å². The van der Waals surface area contributed by atoms with Crippen LogP contribution in [0.3, 0.4) is 0 Å². The Kier molecular flexibility index (Phi) is 5.01. The van der Waals surface area contributed by atoms with Gasteiger partial charge < -0.3 is 5.32 Å². The van der Waals surface area contributed by atoms with Crippen LogP contribution in [-0.4, -0.2) is 30.1 Å². The lowest BCUT2D eigenvalue weighted by molar-refractivity contribution is 0.0882. The van der Waals surface area contributed by atoms with Crippen molar-refractivity contribution in [3.05, 3.63) is 35.9 Å². The van der Waals surface area contributed by atoms with Crippen LogP contribution in [0.5, 0.6) is 0 Å². The van der Waals surface area contributed by atoms with Crippen molar-refractivity contribution in [3.63, 3.8) is 0 Å². The molecule has 0 amide bonds. The van der Waals surface area contributed by atoms with Crippen LogP contribution in [0.4, 0.5) is 0 Å². The van der Waals surface area contributed by atoms with Gasteiger partial charge in [-0.25, -0.2) is 0 Å². The Labute approximate surface area is 117 Å². The fourth-order valence-electron chi connectivity index (χ4n) is 2.94. The van der Waals surface area contributed by atoms with E-state index < -0.39 is 0 Å². The molecule has 102 valence electrons. The first-order valence-corrected chi connectivity index (χ1v) is 7.23. The summed E-state index contributed by atoms with van der Waals surface area (Å²) in [6.45, 7) is 6.59. The number of nitrogens with one attached hydrogen (secondary N) is 1. The van der Waals surface area contributed by atoms with Crippen LogP contribution in [0.25, 0.3) is 0 Å². The first-order valence-electron chi connectivity index (χ1n) is 7.23. The minimum Gasteiger partial charge on any atom is -0.307 e. The van der Waals surface area contributed by atoms with E-state index in [4.69, 9.17) is 6.42 Å². The van der Waals surface area contributed by atoms with E-state index in [-0.39, 0.29) is 0 Å². The summed E-state index contributed by atoms with van der Waals surface area (Å²) >= 11 is 0. The SMILES string of the molecule is C#CCC(C)N1CC(c2ccccc2)NCC1CC. The first kappa shape index (κ1) is 14.1. The zero-order valence-corrected chi connectivity index (χ0v) is 12.0. The average Bonchev–Trinajstić information content (AvgIpc) is 2.47. The highest BCUT2D eigenvalue weighted by atomic mass is 15.2. The van der Waals surface area contributed by atoms with Crippen LogP contribution >= 0.6 is 0 Å². The molecule has 2 heteroatoms. The molecule has 2 rings (SSSR count). The van der Waals surface area contributed by atoms with E-state index in [1.165, 1.54) is 12.0 Å². The molecule has 3 atom stereocenters. The summed E-state index contributed by atoms with van der Waals surface area (Å²) in [5.41, 5.74) is 1.37. The van der Waals surface area contributed by atoms with Crippen molar-refractivity contribution in [3.8, 4) is 12.3 Å². The van der Waals surface area contributed by atoms with E-state index in [0.717, 1.165) is 19.5 Å². The lowest BCUT2D eigenvalue weighted by Crippen LogP contribution is -2.55. The average molecular weight is 256 g/mol. The van der Waals surface area contributed by atoms with Gasteiger partial charge in [0.05, 0.1) is 0 Å². The molecule has 1 aliphatic rings. The summed E-state index contributed by atoms with van der Waals surface area (Å²) < 4.78 is 0. The Bertz CT molecular complexity index is 421. The normalized spacial score (nSPS) is 25.7.